The van der Waals surface area contributed by atoms with Gasteiger partial charge in [-0.2, -0.15) is 0 Å². The van der Waals surface area contributed by atoms with Crippen LogP contribution in [0.1, 0.15) is 33.8 Å². The maximum absolute atomic E-state index is 12.5. The number of fused-ring (bicyclic) bond motifs is 1. The van der Waals surface area contributed by atoms with Crippen molar-refractivity contribution in [2.45, 2.75) is 25.8 Å². The molecule has 8 heteroatoms. The molecule has 1 fully saturated rings. The number of nitrogens with zero attached hydrogens (tertiary/aromatic N) is 2. The summed E-state index contributed by atoms with van der Waals surface area (Å²) in [7, 11) is 0. The lowest BCUT2D eigenvalue weighted by molar-refractivity contribution is -0.117. The topological polar surface area (TPSA) is 95.2 Å². The largest absolute Gasteiger partial charge is 0.333 e. The van der Waals surface area contributed by atoms with Gasteiger partial charge in [-0.05, 0) is 25.0 Å². The molecule has 2 amide bonds. The summed E-state index contributed by atoms with van der Waals surface area (Å²) in [5, 5.41) is 3.46. The van der Waals surface area contributed by atoms with E-state index in [2.05, 4.69) is 15.3 Å². The fourth-order valence-electron chi connectivity index (χ4n) is 2.74. The highest BCUT2D eigenvalue weighted by atomic mass is 32.1. The van der Waals surface area contributed by atoms with Crippen LogP contribution >= 0.6 is 11.3 Å². The van der Waals surface area contributed by atoms with Gasteiger partial charge >= 0.3 is 0 Å². The minimum atomic E-state index is -0.380. The van der Waals surface area contributed by atoms with Crippen molar-refractivity contribution in [1.29, 1.82) is 0 Å². The van der Waals surface area contributed by atoms with Crippen LogP contribution in [0.2, 0.25) is 0 Å². The van der Waals surface area contributed by atoms with E-state index in [0.29, 0.717) is 24.6 Å². The fraction of sp³-hybridized carbons (Fsp3) is 0.375. The lowest BCUT2D eigenvalue weighted by atomic mass is 10.1. The van der Waals surface area contributed by atoms with Crippen molar-refractivity contribution in [3.05, 3.63) is 44.8 Å². The van der Waals surface area contributed by atoms with E-state index in [0.717, 1.165) is 23.4 Å². The fourth-order valence-corrected chi connectivity index (χ4v) is 3.76. The molecule has 0 spiro atoms. The highest BCUT2D eigenvalue weighted by molar-refractivity contribution is 7.15. The molecule has 4 rings (SSSR count). The SMILES string of the molecule is O=C(Nc1nc2c(s1)CN(C(=O)c1ccc[nH]c1=O)CC2)C1CC1. The lowest BCUT2D eigenvalue weighted by Gasteiger charge is -2.25. The molecule has 0 saturated heterocycles. The van der Waals surface area contributed by atoms with E-state index < -0.39 is 0 Å². The molecule has 1 aliphatic heterocycles. The second-order valence-electron chi connectivity index (χ2n) is 6.04. The Morgan fingerprint density at radius 3 is 2.96 bits per heavy atom. The third-order valence-electron chi connectivity index (χ3n) is 4.25. The molecule has 2 aromatic rings. The van der Waals surface area contributed by atoms with Crippen LogP contribution in [0.15, 0.2) is 23.1 Å². The smallest absolute Gasteiger partial charge is 0.260 e. The Morgan fingerprint density at radius 1 is 1.38 bits per heavy atom. The van der Waals surface area contributed by atoms with Crippen molar-refractivity contribution in [3.8, 4) is 0 Å². The molecule has 0 unspecified atom stereocenters. The Morgan fingerprint density at radius 2 is 2.21 bits per heavy atom. The van der Waals surface area contributed by atoms with Crippen LogP contribution in [0, 0.1) is 5.92 Å². The average Bonchev–Trinajstić information content (AvgIpc) is 3.35. The van der Waals surface area contributed by atoms with Crippen molar-refractivity contribution in [2.24, 2.45) is 5.92 Å². The van der Waals surface area contributed by atoms with Crippen molar-refractivity contribution < 1.29 is 9.59 Å². The van der Waals surface area contributed by atoms with E-state index in [1.54, 1.807) is 11.0 Å². The van der Waals surface area contributed by atoms with Gasteiger partial charge in [0.25, 0.3) is 11.5 Å². The van der Waals surface area contributed by atoms with Crippen LogP contribution in [-0.4, -0.2) is 33.2 Å². The van der Waals surface area contributed by atoms with Gasteiger partial charge in [0.15, 0.2) is 5.13 Å². The second kappa shape index (κ2) is 5.86. The number of aromatic amines is 1. The number of anilines is 1. The Hall–Kier alpha value is -2.48. The van der Waals surface area contributed by atoms with E-state index in [4.69, 9.17) is 0 Å². The van der Waals surface area contributed by atoms with Crippen molar-refractivity contribution in [3.63, 3.8) is 0 Å². The maximum Gasteiger partial charge on any atom is 0.260 e. The Labute approximate surface area is 141 Å². The quantitative estimate of drug-likeness (QED) is 0.879. The first-order valence-corrected chi connectivity index (χ1v) is 8.70. The van der Waals surface area contributed by atoms with E-state index >= 15 is 0 Å². The van der Waals surface area contributed by atoms with Gasteiger partial charge in [-0.1, -0.05) is 11.3 Å². The third-order valence-corrected chi connectivity index (χ3v) is 5.24. The van der Waals surface area contributed by atoms with Crippen LogP contribution in [-0.2, 0) is 17.8 Å². The number of H-pyrrole nitrogens is 1. The molecule has 0 aromatic carbocycles. The number of carbonyl (C=O) groups excluding carboxylic acids is 2. The van der Waals surface area contributed by atoms with Gasteiger partial charge in [-0.3, -0.25) is 14.4 Å². The molecule has 0 radical (unpaired) electrons. The molecule has 1 aliphatic carbocycles. The van der Waals surface area contributed by atoms with Gasteiger partial charge in [0.1, 0.15) is 5.56 Å². The molecule has 2 aliphatic rings. The summed E-state index contributed by atoms with van der Waals surface area (Å²) in [6, 6.07) is 3.17. The first-order valence-electron chi connectivity index (χ1n) is 7.88. The van der Waals surface area contributed by atoms with Gasteiger partial charge in [-0.25, -0.2) is 4.98 Å². The number of pyridine rings is 1. The number of carbonyl (C=O) groups is 2. The zero-order valence-corrected chi connectivity index (χ0v) is 13.7. The molecule has 124 valence electrons. The highest BCUT2D eigenvalue weighted by Crippen LogP contribution is 2.33. The van der Waals surface area contributed by atoms with Crippen molar-refractivity contribution in [2.75, 3.05) is 11.9 Å². The highest BCUT2D eigenvalue weighted by Gasteiger charge is 2.31. The lowest BCUT2D eigenvalue weighted by Crippen LogP contribution is -2.38. The number of rotatable bonds is 3. The maximum atomic E-state index is 12.5. The number of hydrogen-bond acceptors (Lipinski definition) is 5. The number of hydrogen-bond donors (Lipinski definition) is 2. The zero-order valence-electron chi connectivity index (χ0n) is 12.9. The molecule has 7 nitrogen and oxygen atoms in total. The van der Waals surface area contributed by atoms with E-state index in [1.807, 2.05) is 0 Å². The molecule has 1 saturated carbocycles. The van der Waals surface area contributed by atoms with E-state index in [9.17, 15) is 14.4 Å². The molecular weight excluding hydrogens is 328 g/mol. The minimum Gasteiger partial charge on any atom is -0.333 e. The monoisotopic (exact) mass is 344 g/mol. The first kappa shape index (κ1) is 15.1. The molecule has 24 heavy (non-hydrogen) atoms. The molecule has 2 N–H and O–H groups in total. The number of thiazole rings is 1. The van der Waals surface area contributed by atoms with Gasteiger partial charge in [0, 0.05) is 30.0 Å². The summed E-state index contributed by atoms with van der Waals surface area (Å²) in [5.41, 5.74) is 0.694. The van der Waals surface area contributed by atoms with Crippen molar-refractivity contribution in [1.82, 2.24) is 14.9 Å². The summed E-state index contributed by atoms with van der Waals surface area (Å²) < 4.78 is 0. The Balaban J connectivity index is 1.50. The average molecular weight is 344 g/mol. The zero-order chi connectivity index (χ0) is 16.7. The van der Waals surface area contributed by atoms with Crippen LogP contribution in [0.25, 0.3) is 0 Å². The van der Waals surface area contributed by atoms with E-state index in [1.165, 1.54) is 23.6 Å². The second-order valence-corrected chi connectivity index (χ2v) is 7.13. The Bertz CT molecular complexity index is 868. The van der Waals surface area contributed by atoms with Gasteiger partial charge in [0.05, 0.1) is 12.2 Å². The van der Waals surface area contributed by atoms with Gasteiger partial charge in [0.2, 0.25) is 5.91 Å². The first-order chi connectivity index (χ1) is 11.6. The van der Waals surface area contributed by atoms with Crippen LogP contribution in [0.5, 0.6) is 0 Å². The molecule has 0 atom stereocenters. The van der Waals surface area contributed by atoms with Gasteiger partial charge in [-0.15, -0.1) is 0 Å². The summed E-state index contributed by atoms with van der Waals surface area (Å²) in [6.45, 7) is 0.930. The predicted octanol–water partition coefficient (Wildman–Crippen LogP) is 1.38. The van der Waals surface area contributed by atoms with Crippen molar-refractivity contribution >= 4 is 28.3 Å². The normalized spacial score (nSPS) is 16.6. The third kappa shape index (κ3) is 2.84. The molecule has 0 bridgehead atoms. The molecule has 2 aromatic heterocycles. The van der Waals surface area contributed by atoms with E-state index in [-0.39, 0.29) is 28.9 Å². The summed E-state index contributed by atoms with van der Waals surface area (Å²) >= 11 is 1.41. The summed E-state index contributed by atoms with van der Waals surface area (Å²) in [6.07, 6.45) is 4.03. The predicted molar refractivity (Wildman–Crippen MR) is 89.0 cm³/mol. The summed E-state index contributed by atoms with van der Waals surface area (Å²) in [5.74, 6) is -0.113. The molecule has 3 heterocycles. The number of amides is 2. The van der Waals surface area contributed by atoms with Gasteiger partial charge < -0.3 is 15.2 Å². The number of nitrogens with one attached hydrogen (secondary N) is 2. The van der Waals surface area contributed by atoms with Crippen LogP contribution in [0.4, 0.5) is 5.13 Å². The minimum absolute atomic E-state index is 0.0323. The van der Waals surface area contributed by atoms with Crippen LogP contribution < -0.4 is 10.9 Å². The summed E-state index contributed by atoms with van der Waals surface area (Å²) in [4.78, 5) is 45.8. The number of aromatic nitrogens is 2. The standard InChI is InChI=1S/C16H16N4O3S/c21-13(9-3-4-9)19-16-18-11-5-7-20(8-12(11)24-16)15(23)10-2-1-6-17-14(10)22/h1-2,6,9H,3-5,7-8H2,(H,17,22)(H,18,19,21). The molecular formula is C16H16N4O3S. The van der Waals surface area contributed by atoms with Crippen LogP contribution in [0.3, 0.4) is 0 Å². The Kier molecular flexibility index (Phi) is 3.68.